The highest BCUT2D eigenvalue weighted by Crippen LogP contribution is 2.29. The van der Waals surface area contributed by atoms with Gasteiger partial charge < -0.3 is 9.80 Å². The van der Waals surface area contributed by atoms with Crippen LogP contribution in [0.1, 0.15) is 25.1 Å². The van der Waals surface area contributed by atoms with Crippen molar-refractivity contribution in [1.29, 1.82) is 0 Å². The van der Waals surface area contributed by atoms with Crippen molar-refractivity contribution in [2.75, 3.05) is 31.1 Å². The second kappa shape index (κ2) is 7.17. The van der Waals surface area contributed by atoms with Gasteiger partial charge in [0.15, 0.2) is 11.5 Å². The fourth-order valence-corrected chi connectivity index (χ4v) is 3.16. The topological polar surface area (TPSA) is 49.3 Å². The van der Waals surface area contributed by atoms with Gasteiger partial charge in [-0.2, -0.15) is 13.2 Å². The van der Waals surface area contributed by atoms with Crippen molar-refractivity contribution in [2.45, 2.75) is 25.4 Å². The molecule has 1 aliphatic heterocycles. The zero-order valence-electron chi connectivity index (χ0n) is 15.2. The molecule has 0 spiro atoms. The number of carbonyl (C=O) groups excluding carboxylic acids is 1. The van der Waals surface area contributed by atoms with E-state index < -0.39 is 17.3 Å². The zero-order valence-corrected chi connectivity index (χ0v) is 15.2. The SMILES string of the molecule is CC(C)(C(=O)N1CCN(c2ccc(C(F)(F)F)nn2)CC1)c1ccccc1. The number of amides is 1. The lowest BCUT2D eigenvalue weighted by atomic mass is 9.83. The van der Waals surface area contributed by atoms with Crippen molar-refractivity contribution in [2.24, 2.45) is 0 Å². The van der Waals surface area contributed by atoms with E-state index in [1.807, 2.05) is 49.1 Å². The van der Waals surface area contributed by atoms with Crippen LogP contribution in [0.25, 0.3) is 0 Å². The smallest absolute Gasteiger partial charge is 0.352 e. The maximum absolute atomic E-state index is 13.0. The molecule has 1 saturated heterocycles. The van der Waals surface area contributed by atoms with E-state index in [1.54, 1.807) is 4.90 Å². The Bertz CT molecular complexity index is 783. The molecule has 0 N–H and O–H groups in total. The van der Waals surface area contributed by atoms with Crippen LogP contribution in [0, 0.1) is 0 Å². The third-order valence-electron chi connectivity index (χ3n) is 4.86. The highest BCUT2D eigenvalue weighted by molar-refractivity contribution is 5.87. The van der Waals surface area contributed by atoms with E-state index in [2.05, 4.69) is 10.2 Å². The molecule has 1 aromatic heterocycles. The molecule has 0 unspecified atom stereocenters. The van der Waals surface area contributed by atoms with E-state index in [-0.39, 0.29) is 5.91 Å². The van der Waals surface area contributed by atoms with Crippen LogP contribution in [0.4, 0.5) is 19.0 Å². The van der Waals surface area contributed by atoms with E-state index >= 15 is 0 Å². The molecule has 0 radical (unpaired) electrons. The first kappa shape index (κ1) is 19.1. The third-order valence-corrected chi connectivity index (χ3v) is 4.86. The van der Waals surface area contributed by atoms with Crippen molar-refractivity contribution >= 4 is 11.7 Å². The number of rotatable bonds is 3. The Labute approximate surface area is 155 Å². The number of hydrogen-bond acceptors (Lipinski definition) is 4. The van der Waals surface area contributed by atoms with Gasteiger partial charge >= 0.3 is 6.18 Å². The molecule has 3 rings (SSSR count). The van der Waals surface area contributed by atoms with Gasteiger partial charge in [-0.1, -0.05) is 30.3 Å². The van der Waals surface area contributed by atoms with Gasteiger partial charge in [-0.15, -0.1) is 10.2 Å². The summed E-state index contributed by atoms with van der Waals surface area (Å²) in [6, 6.07) is 11.8. The Morgan fingerprint density at radius 2 is 1.56 bits per heavy atom. The highest BCUT2D eigenvalue weighted by Gasteiger charge is 2.36. The fraction of sp³-hybridized carbons (Fsp3) is 0.421. The molecule has 1 amide bonds. The first-order valence-electron chi connectivity index (χ1n) is 8.70. The Kier molecular flexibility index (Phi) is 5.08. The molecule has 1 aliphatic rings. The third kappa shape index (κ3) is 4.04. The first-order valence-corrected chi connectivity index (χ1v) is 8.70. The summed E-state index contributed by atoms with van der Waals surface area (Å²) >= 11 is 0. The number of piperazine rings is 1. The number of benzene rings is 1. The fourth-order valence-electron chi connectivity index (χ4n) is 3.16. The average molecular weight is 378 g/mol. The maximum Gasteiger partial charge on any atom is 0.435 e. The molecule has 27 heavy (non-hydrogen) atoms. The zero-order chi connectivity index (χ0) is 19.7. The van der Waals surface area contributed by atoms with Crippen molar-refractivity contribution in [1.82, 2.24) is 15.1 Å². The number of hydrogen-bond donors (Lipinski definition) is 0. The Morgan fingerprint density at radius 1 is 0.926 bits per heavy atom. The largest absolute Gasteiger partial charge is 0.435 e. The van der Waals surface area contributed by atoms with Crippen molar-refractivity contribution < 1.29 is 18.0 Å². The van der Waals surface area contributed by atoms with Gasteiger partial charge in [0.1, 0.15) is 0 Å². The molecule has 2 heterocycles. The summed E-state index contributed by atoms with van der Waals surface area (Å²) in [5.74, 6) is 0.421. The molecule has 0 bridgehead atoms. The molecule has 8 heteroatoms. The molecule has 2 aromatic rings. The molecule has 0 aliphatic carbocycles. The normalized spacial score (nSPS) is 15.7. The lowest BCUT2D eigenvalue weighted by Crippen LogP contribution is -2.53. The Hall–Kier alpha value is -2.64. The number of halogens is 3. The lowest BCUT2D eigenvalue weighted by molar-refractivity contribution is -0.141. The second-order valence-corrected chi connectivity index (χ2v) is 7.04. The van der Waals surface area contributed by atoms with E-state index in [1.165, 1.54) is 6.07 Å². The summed E-state index contributed by atoms with van der Waals surface area (Å²) in [5, 5.41) is 6.95. The number of anilines is 1. The second-order valence-electron chi connectivity index (χ2n) is 7.04. The van der Waals surface area contributed by atoms with Crippen molar-refractivity contribution in [3.63, 3.8) is 0 Å². The lowest BCUT2D eigenvalue weighted by Gasteiger charge is -2.39. The molecule has 144 valence electrons. The summed E-state index contributed by atoms with van der Waals surface area (Å²) in [5.41, 5.74) is -0.701. The van der Waals surface area contributed by atoms with Gasteiger partial charge in [-0.05, 0) is 31.5 Å². The van der Waals surface area contributed by atoms with Crippen LogP contribution < -0.4 is 4.90 Å². The molecule has 0 atom stereocenters. The van der Waals surface area contributed by atoms with Crippen molar-refractivity contribution in [3.8, 4) is 0 Å². The summed E-state index contributed by atoms with van der Waals surface area (Å²) in [6.07, 6.45) is -4.50. The van der Waals surface area contributed by atoms with Gasteiger partial charge in [-0.3, -0.25) is 4.79 Å². The van der Waals surface area contributed by atoms with Gasteiger partial charge in [0.05, 0.1) is 5.41 Å². The van der Waals surface area contributed by atoms with Gasteiger partial charge in [-0.25, -0.2) is 0 Å². The number of carbonyl (C=O) groups is 1. The monoisotopic (exact) mass is 378 g/mol. The summed E-state index contributed by atoms with van der Waals surface area (Å²) in [4.78, 5) is 16.6. The molecule has 5 nitrogen and oxygen atoms in total. The maximum atomic E-state index is 13.0. The van der Waals surface area contributed by atoms with Crippen LogP contribution in [0.5, 0.6) is 0 Å². The Morgan fingerprint density at radius 3 is 2.07 bits per heavy atom. The molecule has 1 aromatic carbocycles. The molecular formula is C19H21F3N4O. The number of aromatic nitrogens is 2. The van der Waals surface area contributed by atoms with Crippen LogP contribution in [0.2, 0.25) is 0 Å². The van der Waals surface area contributed by atoms with Gasteiger partial charge in [0, 0.05) is 26.2 Å². The van der Waals surface area contributed by atoms with Crippen LogP contribution in [-0.4, -0.2) is 47.2 Å². The molecular weight excluding hydrogens is 357 g/mol. The summed E-state index contributed by atoms with van der Waals surface area (Å²) in [6.45, 7) is 5.76. The van der Waals surface area contributed by atoms with Crippen molar-refractivity contribution in [3.05, 3.63) is 53.7 Å². The van der Waals surface area contributed by atoms with Gasteiger partial charge in [0.2, 0.25) is 5.91 Å². The van der Waals surface area contributed by atoms with E-state index in [4.69, 9.17) is 0 Å². The van der Waals surface area contributed by atoms with Crippen LogP contribution in [0.15, 0.2) is 42.5 Å². The van der Waals surface area contributed by atoms with Crippen LogP contribution in [-0.2, 0) is 16.4 Å². The highest BCUT2D eigenvalue weighted by atomic mass is 19.4. The minimum absolute atomic E-state index is 0.0341. The molecule has 1 fully saturated rings. The minimum atomic E-state index is -4.50. The standard InChI is InChI=1S/C19H21F3N4O/c1-18(2,14-6-4-3-5-7-14)17(27)26-12-10-25(11-13-26)16-9-8-15(23-24-16)19(20,21)22/h3-9H,10-13H2,1-2H3. The van der Waals surface area contributed by atoms with Crippen LogP contribution >= 0.6 is 0 Å². The van der Waals surface area contributed by atoms with Crippen LogP contribution in [0.3, 0.4) is 0 Å². The summed E-state index contributed by atoms with van der Waals surface area (Å²) < 4.78 is 37.8. The number of alkyl halides is 3. The van der Waals surface area contributed by atoms with E-state index in [0.717, 1.165) is 11.6 Å². The predicted molar refractivity (Wildman–Crippen MR) is 95.3 cm³/mol. The Balaban J connectivity index is 1.64. The number of nitrogens with zero attached hydrogens (tertiary/aromatic N) is 4. The minimum Gasteiger partial charge on any atom is -0.352 e. The van der Waals surface area contributed by atoms with E-state index in [0.29, 0.717) is 32.0 Å². The molecule has 0 saturated carbocycles. The summed E-state index contributed by atoms with van der Waals surface area (Å²) in [7, 11) is 0. The van der Waals surface area contributed by atoms with E-state index in [9.17, 15) is 18.0 Å². The average Bonchev–Trinajstić information content (AvgIpc) is 2.67. The predicted octanol–water partition coefficient (Wildman–Crippen LogP) is 3.12. The quantitative estimate of drug-likeness (QED) is 0.824. The van der Waals surface area contributed by atoms with Gasteiger partial charge in [0.25, 0.3) is 0 Å². The first-order chi connectivity index (χ1) is 12.7.